The first-order valence-electron chi connectivity index (χ1n) is 5.15. The SMILES string of the molecule is CNC1CC(c2ccccc2Br)C1C. The Balaban J connectivity index is 2.15. The van der Waals surface area contributed by atoms with E-state index in [0.717, 1.165) is 11.8 Å². The lowest BCUT2D eigenvalue weighted by Gasteiger charge is -2.43. The van der Waals surface area contributed by atoms with E-state index in [9.17, 15) is 0 Å². The van der Waals surface area contributed by atoms with Crippen LogP contribution in [0.1, 0.15) is 24.8 Å². The van der Waals surface area contributed by atoms with Crippen molar-refractivity contribution in [1.29, 1.82) is 0 Å². The molecule has 2 rings (SSSR count). The third-order valence-corrected chi connectivity index (χ3v) is 4.17. The first-order valence-corrected chi connectivity index (χ1v) is 5.95. The van der Waals surface area contributed by atoms with Gasteiger partial charge in [0.2, 0.25) is 0 Å². The average Bonchev–Trinajstić information content (AvgIpc) is 2.19. The van der Waals surface area contributed by atoms with Gasteiger partial charge in [-0.25, -0.2) is 0 Å². The van der Waals surface area contributed by atoms with Crippen LogP contribution in [0.2, 0.25) is 0 Å². The molecular formula is C12H16BrN. The maximum Gasteiger partial charge on any atom is 0.0210 e. The van der Waals surface area contributed by atoms with Gasteiger partial charge in [-0.05, 0) is 36.9 Å². The van der Waals surface area contributed by atoms with Crippen LogP contribution in [-0.2, 0) is 0 Å². The molecule has 0 radical (unpaired) electrons. The Labute approximate surface area is 94.0 Å². The first-order chi connectivity index (χ1) is 6.74. The van der Waals surface area contributed by atoms with E-state index in [1.807, 2.05) is 0 Å². The highest BCUT2D eigenvalue weighted by atomic mass is 79.9. The van der Waals surface area contributed by atoms with E-state index >= 15 is 0 Å². The summed E-state index contributed by atoms with van der Waals surface area (Å²) >= 11 is 3.62. The van der Waals surface area contributed by atoms with E-state index in [-0.39, 0.29) is 0 Å². The number of hydrogen-bond acceptors (Lipinski definition) is 1. The molecule has 14 heavy (non-hydrogen) atoms. The van der Waals surface area contributed by atoms with Crippen molar-refractivity contribution in [3.8, 4) is 0 Å². The highest BCUT2D eigenvalue weighted by Crippen LogP contribution is 2.44. The lowest BCUT2D eigenvalue weighted by molar-refractivity contribution is 0.193. The van der Waals surface area contributed by atoms with Crippen LogP contribution in [0.5, 0.6) is 0 Å². The van der Waals surface area contributed by atoms with Crippen LogP contribution >= 0.6 is 15.9 Å². The van der Waals surface area contributed by atoms with Gasteiger partial charge in [-0.15, -0.1) is 0 Å². The summed E-state index contributed by atoms with van der Waals surface area (Å²) in [6, 6.07) is 9.27. The number of nitrogens with one attached hydrogen (secondary N) is 1. The molecule has 0 aliphatic heterocycles. The molecule has 1 nitrogen and oxygen atoms in total. The topological polar surface area (TPSA) is 12.0 Å². The zero-order valence-electron chi connectivity index (χ0n) is 8.63. The van der Waals surface area contributed by atoms with E-state index in [4.69, 9.17) is 0 Å². The van der Waals surface area contributed by atoms with Crippen molar-refractivity contribution in [2.45, 2.75) is 25.3 Å². The van der Waals surface area contributed by atoms with Gasteiger partial charge in [-0.1, -0.05) is 41.1 Å². The van der Waals surface area contributed by atoms with E-state index in [1.165, 1.54) is 16.5 Å². The molecule has 0 bridgehead atoms. The minimum absolute atomic E-state index is 0.701. The molecule has 3 atom stereocenters. The number of rotatable bonds is 2. The molecule has 76 valence electrons. The van der Waals surface area contributed by atoms with Gasteiger partial charge in [0.25, 0.3) is 0 Å². The first kappa shape index (κ1) is 10.2. The van der Waals surface area contributed by atoms with Crippen LogP contribution in [0.25, 0.3) is 0 Å². The molecule has 0 saturated heterocycles. The van der Waals surface area contributed by atoms with Gasteiger partial charge in [0.1, 0.15) is 0 Å². The Bertz CT molecular complexity index is 324. The Kier molecular flexibility index (Phi) is 2.93. The molecule has 1 saturated carbocycles. The summed E-state index contributed by atoms with van der Waals surface area (Å²) < 4.78 is 1.26. The Morgan fingerprint density at radius 2 is 2.07 bits per heavy atom. The lowest BCUT2D eigenvalue weighted by atomic mass is 9.67. The lowest BCUT2D eigenvalue weighted by Crippen LogP contribution is -2.46. The zero-order valence-corrected chi connectivity index (χ0v) is 10.2. The number of benzene rings is 1. The monoisotopic (exact) mass is 253 g/mol. The van der Waals surface area contributed by atoms with Crippen molar-refractivity contribution in [2.75, 3.05) is 7.05 Å². The molecule has 1 aliphatic rings. The highest BCUT2D eigenvalue weighted by Gasteiger charge is 2.37. The summed E-state index contributed by atoms with van der Waals surface area (Å²) in [5.41, 5.74) is 1.46. The molecular weight excluding hydrogens is 238 g/mol. The normalized spacial score (nSPS) is 31.2. The molecule has 1 aromatic rings. The van der Waals surface area contributed by atoms with Crippen molar-refractivity contribution in [3.63, 3.8) is 0 Å². The number of hydrogen-bond donors (Lipinski definition) is 1. The molecule has 3 unspecified atom stereocenters. The standard InChI is InChI=1S/C12H16BrN/c1-8-10(7-12(8)14-2)9-5-3-4-6-11(9)13/h3-6,8,10,12,14H,7H2,1-2H3. The fraction of sp³-hybridized carbons (Fsp3) is 0.500. The van der Waals surface area contributed by atoms with Crippen LogP contribution < -0.4 is 5.32 Å². The summed E-state index contributed by atoms with van der Waals surface area (Å²) in [5, 5.41) is 3.36. The van der Waals surface area contributed by atoms with Gasteiger partial charge in [-0.3, -0.25) is 0 Å². The Hall–Kier alpha value is -0.340. The number of halogens is 1. The third kappa shape index (κ3) is 1.61. The molecule has 1 aliphatic carbocycles. The van der Waals surface area contributed by atoms with E-state index in [1.54, 1.807) is 0 Å². The highest BCUT2D eigenvalue weighted by molar-refractivity contribution is 9.10. The van der Waals surface area contributed by atoms with Crippen LogP contribution in [0, 0.1) is 5.92 Å². The van der Waals surface area contributed by atoms with Gasteiger partial charge in [0, 0.05) is 10.5 Å². The third-order valence-electron chi connectivity index (χ3n) is 3.45. The molecule has 1 aromatic carbocycles. The van der Waals surface area contributed by atoms with Crippen molar-refractivity contribution >= 4 is 15.9 Å². The van der Waals surface area contributed by atoms with Crippen LogP contribution in [0.3, 0.4) is 0 Å². The second-order valence-corrected chi connectivity index (χ2v) is 4.97. The molecule has 0 aromatic heterocycles. The van der Waals surface area contributed by atoms with Crippen molar-refractivity contribution in [1.82, 2.24) is 5.32 Å². The molecule has 1 N–H and O–H groups in total. The molecule has 2 heteroatoms. The van der Waals surface area contributed by atoms with E-state index < -0.39 is 0 Å². The van der Waals surface area contributed by atoms with Crippen molar-refractivity contribution in [2.24, 2.45) is 5.92 Å². The summed E-state index contributed by atoms with van der Waals surface area (Å²) in [6.45, 7) is 2.33. The summed E-state index contributed by atoms with van der Waals surface area (Å²) in [5.74, 6) is 1.47. The maximum atomic E-state index is 3.62. The minimum atomic E-state index is 0.701. The minimum Gasteiger partial charge on any atom is -0.317 e. The second kappa shape index (κ2) is 4.03. The summed E-state index contributed by atoms with van der Waals surface area (Å²) in [4.78, 5) is 0. The van der Waals surface area contributed by atoms with Crippen molar-refractivity contribution < 1.29 is 0 Å². The van der Waals surface area contributed by atoms with Gasteiger partial charge in [0.15, 0.2) is 0 Å². The smallest absolute Gasteiger partial charge is 0.0210 e. The molecule has 0 heterocycles. The Morgan fingerprint density at radius 3 is 2.64 bits per heavy atom. The maximum absolute atomic E-state index is 3.62. The van der Waals surface area contributed by atoms with Crippen LogP contribution in [0.4, 0.5) is 0 Å². The van der Waals surface area contributed by atoms with E-state index in [2.05, 4.69) is 59.5 Å². The Morgan fingerprint density at radius 1 is 1.36 bits per heavy atom. The van der Waals surface area contributed by atoms with Gasteiger partial charge in [0.05, 0.1) is 0 Å². The van der Waals surface area contributed by atoms with Crippen LogP contribution in [0.15, 0.2) is 28.7 Å². The predicted molar refractivity (Wildman–Crippen MR) is 63.5 cm³/mol. The van der Waals surface area contributed by atoms with Gasteiger partial charge < -0.3 is 5.32 Å². The van der Waals surface area contributed by atoms with Crippen LogP contribution in [-0.4, -0.2) is 13.1 Å². The molecule has 1 fully saturated rings. The molecule has 0 amide bonds. The van der Waals surface area contributed by atoms with Gasteiger partial charge >= 0.3 is 0 Å². The average molecular weight is 254 g/mol. The van der Waals surface area contributed by atoms with E-state index in [0.29, 0.717) is 6.04 Å². The summed E-state index contributed by atoms with van der Waals surface area (Å²) in [7, 11) is 2.05. The van der Waals surface area contributed by atoms with Gasteiger partial charge in [-0.2, -0.15) is 0 Å². The zero-order chi connectivity index (χ0) is 10.1. The summed E-state index contributed by atoms with van der Waals surface area (Å²) in [6.07, 6.45) is 1.26. The molecule has 0 spiro atoms. The predicted octanol–water partition coefficient (Wildman–Crippen LogP) is 3.16. The van der Waals surface area contributed by atoms with Crippen molar-refractivity contribution in [3.05, 3.63) is 34.3 Å². The fourth-order valence-corrected chi connectivity index (χ4v) is 2.93. The largest absolute Gasteiger partial charge is 0.317 e. The quantitative estimate of drug-likeness (QED) is 0.854. The second-order valence-electron chi connectivity index (χ2n) is 4.12. The fourth-order valence-electron chi connectivity index (χ4n) is 2.35.